The van der Waals surface area contributed by atoms with Crippen molar-refractivity contribution in [2.75, 3.05) is 9.80 Å². The first-order valence-corrected chi connectivity index (χ1v) is 26.9. The quantitative estimate of drug-likeness (QED) is 0.0709. The largest absolute Gasteiger partial charge is 0.301 e. The van der Waals surface area contributed by atoms with Crippen LogP contribution in [0.5, 0.6) is 0 Å². The van der Waals surface area contributed by atoms with E-state index in [1.54, 1.807) is 0 Å². The fourth-order valence-corrected chi connectivity index (χ4v) is 13.0. The minimum atomic E-state index is 0.710. The average molecular weight is 917 g/mol. The molecule has 342 valence electrons. The summed E-state index contributed by atoms with van der Waals surface area (Å²) in [4.78, 5) is 5.10. The molecule has 2 heterocycles. The maximum atomic E-state index is 4.09. The lowest BCUT2D eigenvalue weighted by molar-refractivity contribution is 0.422. The van der Waals surface area contributed by atoms with Crippen molar-refractivity contribution in [1.29, 1.82) is 0 Å². The van der Waals surface area contributed by atoms with Crippen molar-refractivity contribution in [2.24, 2.45) is 11.8 Å². The van der Waals surface area contributed by atoms with Gasteiger partial charge in [-0.05, 0) is 131 Å². The van der Waals surface area contributed by atoms with Crippen LogP contribution in [0.2, 0.25) is 0 Å². The molecule has 0 bridgehead atoms. The minimum absolute atomic E-state index is 0.710. The van der Waals surface area contributed by atoms with Gasteiger partial charge in [0.2, 0.25) is 0 Å². The monoisotopic (exact) mass is 916 g/mol. The summed E-state index contributed by atoms with van der Waals surface area (Å²) in [5, 5.41) is 10.5. The first-order valence-electron chi connectivity index (χ1n) is 25.3. The summed E-state index contributed by atoms with van der Waals surface area (Å²) < 4.78 is 2.94. The Morgan fingerprint density at radius 2 is 0.925 bits per heavy atom. The van der Waals surface area contributed by atoms with E-state index in [1.165, 1.54) is 155 Å². The van der Waals surface area contributed by atoms with E-state index in [-0.39, 0.29) is 0 Å². The second-order valence-corrected chi connectivity index (χ2v) is 20.9. The summed E-state index contributed by atoms with van der Waals surface area (Å²) in [7, 11) is 0. The van der Waals surface area contributed by atoms with Gasteiger partial charge in [0.1, 0.15) is 10.0 Å². The zero-order valence-electron chi connectivity index (χ0n) is 40.5. The second kappa shape index (κ2) is 21.5. The first-order chi connectivity index (χ1) is 32.9. The maximum Gasteiger partial charge on any atom is 0.101 e. The Labute approximate surface area is 408 Å². The summed E-state index contributed by atoms with van der Waals surface area (Å²) in [5.41, 5.74) is 10.3. The summed E-state index contributed by atoms with van der Waals surface area (Å²) in [6.45, 7) is 15.8. The Balaban J connectivity index is 1.32. The molecule has 7 aromatic carbocycles. The van der Waals surface area contributed by atoms with Gasteiger partial charge in [-0.2, -0.15) is 0 Å². The van der Waals surface area contributed by atoms with Crippen LogP contribution in [0.4, 0.5) is 32.8 Å². The van der Waals surface area contributed by atoms with Gasteiger partial charge in [0.25, 0.3) is 0 Å². The van der Waals surface area contributed by atoms with Gasteiger partial charge < -0.3 is 9.80 Å². The third-order valence-electron chi connectivity index (χ3n) is 14.5. The molecule has 0 saturated carbocycles. The molecular formula is C63H68N2S2. The topological polar surface area (TPSA) is 6.48 Å². The molecular weight excluding hydrogens is 849 g/mol. The van der Waals surface area contributed by atoms with E-state index in [0.29, 0.717) is 11.8 Å². The normalized spacial score (nSPS) is 12.6. The lowest BCUT2D eigenvalue weighted by Crippen LogP contribution is -2.09. The number of unbranched alkanes of at least 4 members (excludes halogenated alkanes) is 2. The lowest BCUT2D eigenvalue weighted by Gasteiger charge is -2.25. The highest BCUT2D eigenvalue weighted by Crippen LogP contribution is 2.52. The van der Waals surface area contributed by atoms with Crippen molar-refractivity contribution >= 4 is 103 Å². The van der Waals surface area contributed by atoms with Gasteiger partial charge in [-0.15, -0.1) is 22.7 Å². The van der Waals surface area contributed by atoms with Crippen LogP contribution >= 0.6 is 22.7 Å². The molecule has 0 saturated heterocycles. The van der Waals surface area contributed by atoms with Crippen molar-refractivity contribution in [3.8, 4) is 0 Å². The average Bonchev–Trinajstić information content (AvgIpc) is 4.01. The van der Waals surface area contributed by atoms with E-state index >= 15 is 0 Å². The van der Waals surface area contributed by atoms with Gasteiger partial charge in [-0.25, -0.2) is 0 Å². The van der Waals surface area contributed by atoms with E-state index in [0.717, 1.165) is 18.4 Å². The fourth-order valence-electron chi connectivity index (χ4n) is 10.4. The first kappa shape index (κ1) is 46.4. The molecule has 0 aliphatic carbocycles. The molecule has 2 unspecified atom stereocenters. The predicted molar refractivity (Wildman–Crippen MR) is 300 cm³/mol. The van der Waals surface area contributed by atoms with Gasteiger partial charge in [0, 0.05) is 31.5 Å². The van der Waals surface area contributed by atoms with Crippen molar-refractivity contribution in [3.63, 3.8) is 0 Å². The Bertz CT molecular complexity index is 2990. The third kappa shape index (κ3) is 9.85. The lowest BCUT2D eigenvalue weighted by atomic mass is 9.88. The summed E-state index contributed by atoms with van der Waals surface area (Å²) in [6.07, 6.45) is 16.6. The molecule has 4 heteroatoms. The van der Waals surface area contributed by atoms with Crippen LogP contribution in [0.25, 0.3) is 47.8 Å². The number of anilines is 6. The van der Waals surface area contributed by atoms with E-state index in [2.05, 4.69) is 197 Å². The Kier molecular flexibility index (Phi) is 14.9. The van der Waals surface area contributed by atoms with Crippen LogP contribution in [-0.4, -0.2) is 0 Å². The molecule has 2 nitrogen and oxygen atoms in total. The van der Waals surface area contributed by atoms with Gasteiger partial charge in [0.15, 0.2) is 0 Å². The van der Waals surface area contributed by atoms with E-state index in [9.17, 15) is 0 Å². The van der Waals surface area contributed by atoms with Gasteiger partial charge >= 0.3 is 0 Å². The second-order valence-electron chi connectivity index (χ2n) is 18.8. The standard InChI is InChI=1S/C63H68N2S2/c1-7-12-20-45(9-3)34-40-54-56-42-60(64(50-36-30-44(6)31-37-50)58-28-18-24-48-22-14-16-26-52(48)58)66-62(56)55(41-35-46(10-4)21-13-8-2)57-43-61(67-63(54)57)65(51-38-32-47(11-5)33-39-51)59-29-19-25-49-23-15-17-27-53(49)59/h11,14-19,22-33,36-39,42-43,45-46H,5,7-10,12-13,20-21,34-35,40-41H2,1-4,6H3. The number of nitrogens with zero attached hydrogens (tertiary/aromatic N) is 2. The molecule has 9 aromatic rings. The molecule has 2 atom stereocenters. The third-order valence-corrected chi connectivity index (χ3v) is 16.8. The Morgan fingerprint density at radius 3 is 1.36 bits per heavy atom. The van der Waals surface area contributed by atoms with Crippen LogP contribution < -0.4 is 9.80 Å². The fraction of sp³-hybridized carbons (Fsp3) is 0.302. The van der Waals surface area contributed by atoms with E-state index < -0.39 is 0 Å². The molecule has 0 aliphatic rings. The van der Waals surface area contributed by atoms with Crippen LogP contribution in [0, 0.1) is 18.8 Å². The molecule has 0 fully saturated rings. The highest BCUT2D eigenvalue weighted by molar-refractivity contribution is 7.25. The van der Waals surface area contributed by atoms with Crippen LogP contribution in [0.15, 0.2) is 152 Å². The Morgan fingerprint density at radius 1 is 0.493 bits per heavy atom. The zero-order chi connectivity index (χ0) is 46.3. The summed E-state index contributed by atoms with van der Waals surface area (Å²) >= 11 is 4.03. The molecule has 67 heavy (non-hydrogen) atoms. The van der Waals surface area contributed by atoms with Crippen LogP contribution in [0.1, 0.15) is 114 Å². The van der Waals surface area contributed by atoms with Crippen molar-refractivity contribution in [1.82, 2.24) is 0 Å². The van der Waals surface area contributed by atoms with E-state index in [4.69, 9.17) is 0 Å². The molecule has 0 spiro atoms. The molecule has 0 N–H and O–H groups in total. The van der Waals surface area contributed by atoms with Crippen molar-refractivity contribution in [3.05, 3.63) is 174 Å². The zero-order valence-corrected chi connectivity index (χ0v) is 42.1. The number of benzene rings is 7. The number of hydrogen-bond acceptors (Lipinski definition) is 4. The highest BCUT2D eigenvalue weighted by atomic mass is 32.1. The van der Waals surface area contributed by atoms with Crippen molar-refractivity contribution in [2.45, 2.75) is 112 Å². The maximum absolute atomic E-state index is 4.09. The van der Waals surface area contributed by atoms with Crippen LogP contribution in [-0.2, 0) is 12.8 Å². The molecule has 9 rings (SSSR count). The number of rotatable bonds is 21. The summed E-state index contributed by atoms with van der Waals surface area (Å²) in [6, 6.07) is 54.7. The number of hydrogen-bond donors (Lipinski definition) is 0. The van der Waals surface area contributed by atoms with Gasteiger partial charge in [0.05, 0.1) is 11.4 Å². The molecule has 0 aliphatic heterocycles. The van der Waals surface area contributed by atoms with Gasteiger partial charge in [-0.1, -0.05) is 194 Å². The number of fused-ring (bicyclic) bond motifs is 4. The number of aryl methyl sites for hydroxylation is 3. The SMILES string of the molecule is C=Cc1ccc(N(c2cc3c(CCC(CC)CCCC)c4sc(N(c5ccc(C)cc5)c5cccc6ccccc56)cc4c(CCC(CC)CCCC)c3s2)c2cccc3ccccc23)cc1. The van der Waals surface area contributed by atoms with E-state index in [1.807, 2.05) is 28.7 Å². The smallest absolute Gasteiger partial charge is 0.101 e. The highest BCUT2D eigenvalue weighted by Gasteiger charge is 2.27. The molecule has 0 radical (unpaired) electrons. The predicted octanol–water partition coefficient (Wildman–Crippen LogP) is 20.6. The summed E-state index contributed by atoms with van der Waals surface area (Å²) in [5.74, 6) is 1.42. The van der Waals surface area contributed by atoms with Gasteiger partial charge in [-0.3, -0.25) is 0 Å². The molecule has 2 aromatic heterocycles. The molecule has 0 amide bonds. The van der Waals surface area contributed by atoms with Crippen LogP contribution in [0.3, 0.4) is 0 Å². The Hall–Kier alpha value is -5.68. The minimum Gasteiger partial charge on any atom is -0.301 e. The number of thiophene rings is 2. The van der Waals surface area contributed by atoms with Crippen molar-refractivity contribution < 1.29 is 0 Å².